The predicted molar refractivity (Wildman–Crippen MR) is 101 cm³/mol. The molecule has 4 aromatic heterocycles. The third kappa shape index (κ3) is 2.90. The van der Waals surface area contributed by atoms with E-state index < -0.39 is 0 Å². The summed E-state index contributed by atoms with van der Waals surface area (Å²) in [4.78, 5) is 28.4. The zero-order chi connectivity index (χ0) is 20.0. The van der Waals surface area contributed by atoms with E-state index in [2.05, 4.69) is 30.4 Å². The number of carbonyl (C=O) groups is 1. The van der Waals surface area contributed by atoms with E-state index in [0.717, 1.165) is 5.39 Å². The summed E-state index contributed by atoms with van der Waals surface area (Å²) in [6.07, 6.45) is 6.06. The Morgan fingerprint density at radius 2 is 2.24 bits per heavy atom. The summed E-state index contributed by atoms with van der Waals surface area (Å²) >= 11 is 0. The second-order valence-electron chi connectivity index (χ2n) is 6.40. The Hall–Kier alpha value is -4.08. The summed E-state index contributed by atoms with van der Waals surface area (Å²) in [5.74, 6) is -0.282. The average molecular weight is 391 g/mol. The maximum absolute atomic E-state index is 13.6. The van der Waals surface area contributed by atoms with Gasteiger partial charge in [-0.1, -0.05) is 0 Å². The third-order valence-corrected chi connectivity index (χ3v) is 4.57. The van der Waals surface area contributed by atoms with E-state index in [9.17, 15) is 9.18 Å². The van der Waals surface area contributed by atoms with Crippen molar-refractivity contribution in [2.75, 3.05) is 0 Å². The van der Waals surface area contributed by atoms with Gasteiger partial charge in [-0.25, -0.2) is 19.3 Å². The van der Waals surface area contributed by atoms with Crippen molar-refractivity contribution in [3.8, 4) is 11.4 Å². The van der Waals surface area contributed by atoms with E-state index >= 15 is 0 Å². The number of rotatable bonds is 4. The van der Waals surface area contributed by atoms with Gasteiger partial charge in [-0.05, 0) is 18.2 Å². The van der Waals surface area contributed by atoms with E-state index in [1.54, 1.807) is 30.2 Å². The molecule has 5 aromatic rings. The molecule has 0 fully saturated rings. The van der Waals surface area contributed by atoms with Gasteiger partial charge in [0.25, 0.3) is 5.91 Å². The summed E-state index contributed by atoms with van der Waals surface area (Å²) in [5, 5.41) is 7.93. The second-order valence-corrected chi connectivity index (χ2v) is 6.40. The fraction of sp³-hybridized carbons (Fsp3) is 0.105. The van der Waals surface area contributed by atoms with E-state index in [0.29, 0.717) is 39.5 Å². The molecule has 0 radical (unpaired) electrons. The largest absolute Gasteiger partial charge is 0.447 e. The molecule has 29 heavy (non-hydrogen) atoms. The van der Waals surface area contributed by atoms with Crippen LogP contribution in [0.4, 0.5) is 4.39 Å². The molecule has 0 saturated carbocycles. The SMILES string of the molecule is Cn1nc(-c2cnc3[nH]cc(C(=O)NCc4ncco4)c3n2)c2ccc(F)cc21. The highest BCUT2D eigenvalue weighted by Crippen LogP contribution is 2.28. The molecular weight excluding hydrogens is 377 g/mol. The van der Waals surface area contributed by atoms with Crippen LogP contribution in [0.15, 0.2) is 47.5 Å². The van der Waals surface area contributed by atoms with Crippen molar-refractivity contribution < 1.29 is 13.6 Å². The molecular formula is C19H14FN7O2. The molecule has 0 aliphatic rings. The quantitative estimate of drug-likeness (QED) is 0.487. The predicted octanol–water partition coefficient (Wildman–Crippen LogP) is 2.57. The lowest BCUT2D eigenvalue weighted by atomic mass is 10.1. The van der Waals surface area contributed by atoms with Gasteiger partial charge in [0, 0.05) is 18.6 Å². The van der Waals surface area contributed by atoms with E-state index in [1.807, 2.05) is 0 Å². The number of nitrogens with zero attached hydrogens (tertiary/aromatic N) is 5. The number of fused-ring (bicyclic) bond motifs is 2. The Balaban J connectivity index is 1.54. The Bertz CT molecular complexity index is 1350. The molecule has 0 unspecified atom stereocenters. The lowest BCUT2D eigenvalue weighted by molar-refractivity contribution is 0.0949. The number of nitrogens with one attached hydrogen (secondary N) is 2. The van der Waals surface area contributed by atoms with Crippen LogP contribution in [-0.2, 0) is 13.6 Å². The number of hydrogen-bond acceptors (Lipinski definition) is 6. The number of amides is 1. The highest BCUT2D eigenvalue weighted by atomic mass is 19.1. The van der Waals surface area contributed by atoms with Crippen molar-refractivity contribution in [1.29, 1.82) is 0 Å². The van der Waals surface area contributed by atoms with Gasteiger partial charge in [0.15, 0.2) is 5.65 Å². The maximum Gasteiger partial charge on any atom is 0.255 e. The zero-order valence-electron chi connectivity index (χ0n) is 15.2. The van der Waals surface area contributed by atoms with Crippen molar-refractivity contribution in [3.05, 3.63) is 60.3 Å². The van der Waals surface area contributed by atoms with Crippen LogP contribution in [0.25, 0.3) is 33.5 Å². The first-order valence-electron chi connectivity index (χ1n) is 8.73. The lowest BCUT2D eigenvalue weighted by Gasteiger charge is -2.02. The fourth-order valence-corrected chi connectivity index (χ4v) is 3.19. The molecule has 0 atom stereocenters. The summed E-state index contributed by atoms with van der Waals surface area (Å²) in [6.45, 7) is 0.155. The lowest BCUT2D eigenvalue weighted by Crippen LogP contribution is -2.22. The monoisotopic (exact) mass is 391 g/mol. The first-order valence-corrected chi connectivity index (χ1v) is 8.73. The first kappa shape index (κ1) is 17.0. The summed E-state index contributed by atoms with van der Waals surface area (Å²) in [7, 11) is 1.73. The Labute approximate surface area is 162 Å². The maximum atomic E-state index is 13.6. The van der Waals surface area contributed by atoms with E-state index in [1.165, 1.54) is 24.6 Å². The molecule has 1 aromatic carbocycles. The number of aryl methyl sites for hydroxylation is 1. The standard InChI is InChI=1S/C19H14FN7O2/c1-27-14-6-10(20)2-3-11(14)16(26-27)13-8-23-18-17(25-13)12(7-22-18)19(28)24-9-15-21-4-5-29-15/h2-8H,9H2,1H3,(H,22,23)(H,24,28). The number of aromatic nitrogens is 6. The number of aromatic amines is 1. The van der Waals surface area contributed by atoms with Gasteiger partial charge in [0.2, 0.25) is 5.89 Å². The van der Waals surface area contributed by atoms with E-state index in [4.69, 9.17) is 4.42 Å². The van der Waals surface area contributed by atoms with Gasteiger partial charge in [0.1, 0.15) is 29.0 Å². The number of halogens is 1. The van der Waals surface area contributed by atoms with Gasteiger partial charge in [-0.2, -0.15) is 5.10 Å². The molecule has 1 amide bonds. The van der Waals surface area contributed by atoms with Crippen molar-refractivity contribution in [2.45, 2.75) is 6.54 Å². The summed E-state index contributed by atoms with van der Waals surface area (Å²) in [6, 6.07) is 4.44. The number of carbonyl (C=O) groups excluding carboxylic acids is 1. The van der Waals surface area contributed by atoms with Crippen LogP contribution in [0.5, 0.6) is 0 Å². The second kappa shape index (κ2) is 6.51. The van der Waals surface area contributed by atoms with Gasteiger partial charge in [-0.3, -0.25) is 9.48 Å². The van der Waals surface area contributed by atoms with Gasteiger partial charge < -0.3 is 14.7 Å². The Morgan fingerprint density at radius 3 is 3.07 bits per heavy atom. The zero-order valence-corrected chi connectivity index (χ0v) is 15.2. The number of oxazole rings is 1. The molecule has 2 N–H and O–H groups in total. The van der Waals surface area contributed by atoms with Crippen LogP contribution >= 0.6 is 0 Å². The summed E-state index contributed by atoms with van der Waals surface area (Å²) < 4.78 is 20.3. The van der Waals surface area contributed by atoms with Crippen molar-refractivity contribution >= 4 is 28.0 Å². The molecule has 0 saturated heterocycles. The topological polar surface area (TPSA) is 115 Å². The van der Waals surface area contributed by atoms with E-state index in [-0.39, 0.29) is 18.3 Å². The number of hydrogen-bond donors (Lipinski definition) is 2. The fourth-order valence-electron chi connectivity index (χ4n) is 3.19. The van der Waals surface area contributed by atoms with Crippen molar-refractivity contribution in [1.82, 2.24) is 35.0 Å². The van der Waals surface area contributed by atoms with Gasteiger partial charge >= 0.3 is 0 Å². The minimum atomic E-state index is -0.343. The van der Waals surface area contributed by atoms with Gasteiger partial charge in [0.05, 0.1) is 30.0 Å². The van der Waals surface area contributed by atoms with Crippen LogP contribution in [0.1, 0.15) is 16.2 Å². The highest BCUT2D eigenvalue weighted by Gasteiger charge is 2.18. The Kier molecular flexibility index (Phi) is 3.83. The molecule has 10 heteroatoms. The molecule has 0 aliphatic carbocycles. The first-order chi connectivity index (χ1) is 14.1. The van der Waals surface area contributed by atoms with Crippen LogP contribution in [0.2, 0.25) is 0 Å². The molecule has 9 nitrogen and oxygen atoms in total. The van der Waals surface area contributed by atoms with Crippen molar-refractivity contribution in [2.24, 2.45) is 7.05 Å². The minimum absolute atomic E-state index is 0.155. The summed E-state index contributed by atoms with van der Waals surface area (Å²) in [5.41, 5.74) is 2.90. The molecule has 0 aliphatic heterocycles. The normalized spacial score (nSPS) is 11.4. The van der Waals surface area contributed by atoms with Crippen LogP contribution in [0.3, 0.4) is 0 Å². The third-order valence-electron chi connectivity index (χ3n) is 4.57. The average Bonchev–Trinajstić information content (AvgIpc) is 3.45. The number of benzene rings is 1. The minimum Gasteiger partial charge on any atom is -0.447 e. The smallest absolute Gasteiger partial charge is 0.255 e. The molecule has 144 valence electrons. The molecule has 4 heterocycles. The molecule has 0 bridgehead atoms. The molecule has 5 rings (SSSR count). The highest BCUT2D eigenvalue weighted by molar-refractivity contribution is 6.05. The van der Waals surface area contributed by atoms with Crippen LogP contribution in [0, 0.1) is 5.82 Å². The Morgan fingerprint density at radius 1 is 1.34 bits per heavy atom. The van der Waals surface area contributed by atoms with Crippen LogP contribution < -0.4 is 5.32 Å². The molecule has 0 spiro atoms. The van der Waals surface area contributed by atoms with Crippen LogP contribution in [-0.4, -0.2) is 35.6 Å². The van der Waals surface area contributed by atoms with Crippen molar-refractivity contribution in [3.63, 3.8) is 0 Å². The number of H-pyrrole nitrogens is 1. The van der Waals surface area contributed by atoms with Gasteiger partial charge in [-0.15, -0.1) is 0 Å².